The molecule has 0 aliphatic carbocycles. The molecule has 0 saturated heterocycles. The molecule has 0 atom stereocenters. The predicted molar refractivity (Wildman–Crippen MR) is 58.2 cm³/mol. The summed E-state index contributed by atoms with van der Waals surface area (Å²) in [7, 11) is 1.57. The van der Waals surface area contributed by atoms with Gasteiger partial charge in [0.25, 0.3) is 0 Å². The van der Waals surface area contributed by atoms with Crippen molar-refractivity contribution in [2.75, 3.05) is 7.11 Å². The van der Waals surface area contributed by atoms with Gasteiger partial charge in [0.05, 0.1) is 7.11 Å². The highest BCUT2D eigenvalue weighted by molar-refractivity contribution is 6.29. The second-order valence-electron chi connectivity index (χ2n) is 2.02. The summed E-state index contributed by atoms with van der Waals surface area (Å²) < 4.78 is 5.01. The lowest BCUT2D eigenvalue weighted by Crippen LogP contribution is -2.00. The second-order valence-corrected chi connectivity index (χ2v) is 2.41. The minimum absolute atomic E-state index is 0. The van der Waals surface area contributed by atoms with E-state index in [0.29, 0.717) is 17.4 Å². The molecule has 6 heteroatoms. The summed E-state index contributed by atoms with van der Waals surface area (Å²) >= 11 is 5.62. The molecule has 0 aliphatic heterocycles. The summed E-state index contributed by atoms with van der Waals surface area (Å²) in [6.07, 6.45) is 1.61. The van der Waals surface area contributed by atoms with E-state index < -0.39 is 0 Å². The van der Waals surface area contributed by atoms with E-state index in [-0.39, 0.29) is 24.8 Å². The Morgan fingerprint density at radius 2 is 2.15 bits per heavy atom. The van der Waals surface area contributed by atoms with Crippen LogP contribution in [0.3, 0.4) is 0 Å². The van der Waals surface area contributed by atoms with Crippen molar-refractivity contribution in [3.05, 3.63) is 23.0 Å². The Labute approximate surface area is 94.4 Å². The number of ether oxygens (including phenoxy) is 1. The maximum atomic E-state index is 5.62. The van der Waals surface area contributed by atoms with Crippen molar-refractivity contribution < 1.29 is 4.74 Å². The number of nitrogens with zero attached hydrogens (tertiary/aromatic N) is 1. The molecule has 0 saturated carbocycles. The zero-order valence-corrected chi connectivity index (χ0v) is 9.38. The summed E-state index contributed by atoms with van der Waals surface area (Å²) in [5.74, 6) is 0.688. The molecule has 0 aliphatic rings. The van der Waals surface area contributed by atoms with E-state index in [9.17, 15) is 0 Å². The Balaban J connectivity index is 0. The van der Waals surface area contributed by atoms with Gasteiger partial charge in [-0.2, -0.15) is 0 Å². The van der Waals surface area contributed by atoms with Crippen LogP contribution in [0.25, 0.3) is 0 Å². The van der Waals surface area contributed by atoms with Crippen LogP contribution in [-0.2, 0) is 6.54 Å². The maximum absolute atomic E-state index is 5.62. The fraction of sp³-hybridized carbons (Fsp3) is 0.286. The molecule has 1 aromatic heterocycles. The van der Waals surface area contributed by atoms with Crippen LogP contribution in [-0.4, -0.2) is 12.1 Å². The molecule has 1 aromatic rings. The normalized spacial score (nSPS) is 8.23. The zero-order valence-electron chi connectivity index (χ0n) is 6.99. The Morgan fingerprint density at radius 3 is 2.62 bits per heavy atom. The molecule has 0 fully saturated rings. The van der Waals surface area contributed by atoms with E-state index in [1.165, 1.54) is 0 Å². The first-order valence-electron chi connectivity index (χ1n) is 3.16. The molecule has 0 radical (unpaired) electrons. The average molecular weight is 246 g/mol. The fourth-order valence-electron chi connectivity index (χ4n) is 0.785. The van der Waals surface area contributed by atoms with Gasteiger partial charge in [-0.05, 0) is 0 Å². The first-order valence-corrected chi connectivity index (χ1v) is 3.54. The molecule has 2 N–H and O–H groups in total. The van der Waals surface area contributed by atoms with Gasteiger partial charge in [-0.3, -0.25) is 0 Å². The van der Waals surface area contributed by atoms with Gasteiger partial charge in [0, 0.05) is 24.4 Å². The number of hydrogen-bond donors (Lipinski definition) is 1. The third-order valence-corrected chi connectivity index (χ3v) is 1.56. The van der Waals surface area contributed by atoms with Crippen molar-refractivity contribution in [2.24, 2.45) is 5.73 Å². The van der Waals surface area contributed by atoms with Gasteiger partial charge in [0.2, 0.25) is 0 Å². The third-order valence-electron chi connectivity index (χ3n) is 1.35. The summed E-state index contributed by atoms with van der Waals surface area (Å²) in [6, 6.07) is 1.64. The number of methoxy groups -OCH3 is 1. The number of halogens is 3. The second kappa shape index (κ2) is 7.21. The van der Waals surface area contributed by atoms with Crippen molar-refractivity contribution in [3.8, 4) is 5.75 Å². The van der Waals surface area contributed by atoms with Gasteiger partial charge in [-0.1, -0.05) is 11.6 Å². The molecule has 0 bridgehead atoms. The smallest absolute Gasteiger partial charge is 0.132 e. The predicted octanol–water partition coefficient (Wildman–Crippen LogP) is 2.05. The van der Waals surface area contributed by atoms with Crippen LogP contribution in [0.5, 0.6) is 5.75 Å². The first-order chi connectivity index (χ1) is 5.27. The summed E-state index contributed by atoms with van der Waals surface area (Å²) in [5, 5.41) is 0.416. The number of rotatable bonds is 2. The maximum Gasteiger partial charge on any atom is 0.132 e. The monoisotopic (exact) mass is 244 g/mol. The molecular weight excluding hydrogens is 234 g/mol. The van der Waals surface area contributed by atoms with Crippen LogP contribution in [0.4, 0.5) is 0 Å². The van der Waals surface area contributed by atoms with Crippen molar-refractivity contribution in [3.63, 3.8) is 0 Å². The lowest BCUT2D eigenvalue weighted by atomic mass is 10.2. The SMILES string of the molecule is COc1cc(Cl)ncc1CN.Cl.Cl. The third kappa shape index (κ3) is 4.00. The van der Waals surface area contributed by atoms with Crippen LogP contribution >= 0.6 is 36.4 Å². The van der Waals surface area contributed by atoms with E-state index >= 15 is 0 Å². The van der Waals surface area contributed by atoms with E-state index in [0.717, 1.165) is 5.56 Å². The lowest BCUT2D eigenvalue weighted by Gasteiger charge is -2.04. The highest BCUT2D eigenvalue weighted by Gasteiger charge is 2.01. The van der Waals surface area contributed by atoms with Crippen molar-refractivity contribution >= 4 is 36.4 Å². The highest BCUT2D eigenvalue weighted by Crippen LogP contribution is 2.19. The molecule has 3 nitrogen and oxygen atoms in total. The summed E-state index contributed by atoms with van der Waals surface area (Å²) in [4.78, 5) is 3.86. The summed E-state index contributed by atoms with van der Waals surface area (Å²) in [6.45, 7) is 0.410. The highest BCUT2D eigenvalue weighted by atomic mass is 35.5. The van der Waals surface area contributed by atoms with Gasteiger partial charge in [0.1, 0.15) is 10.9 Å². The standard InChI is InChI=1S/C7H9ClN2O.2ClH/c1-11-6-2-7(8)10-4-5(6)3-9;;/h2,4H,3,9H2,1H3;2*1H. The molecule has 0 aromatic carbocycles. The summed E-state index contributed by atoms with van der Waals surface area (Å²) in [5.41, 5.74) is 6.27. The number of hydrogen-bond acceptors (Lipinski definition) is 3. The van der Waals surface area contributed by atoms with Crippen LogP contribution in [0.2, 0.25) is 5.15 Å². The molecule has 0 unspecified atom stereocenters. The van der Waals surface area contributed by atoms with E-state index in [2.05, 4.69) is 4.98 Å². The minimum Gasteiger partial charge on any atom is -0.496 e. The van der Waals surface area contributed by atoms with Gasteiger partial charge in [-0.15, -0.1) is 24.8 Å². The Kier molecular flexibility index (Phi) is 8.46. The Bertz CT molecular complexity index is 257. The lowest BCUT2D eigenvalue weighted by molar-refractivity contribution is 0.409. The number of pyridine rings is 1. The van der Waals surface area contributed by atoms with Crippen LogP contribution in [0, 0.1) is 0 Å². The molecule has 1 rings (SSSR count). The quantitative estimate of drug-likeness (QED) is 0.811. The van der Waals surface area contributed by atoms with E-state index in [4.69, 9.17) is 22.1 Å². The van der Waals surface area contributed by atoms with Gasteiger partial charge >= 0.3 is 0 Å². The Morgan fingerprint density at radius 1 is 1.54 bits per heavy atom. The van der Waals surface area contributed by atoms with Crippen molar-refractivity contribution in [1.82, 2.24) is 4.98 Å². The minimum atomic E-state index is 0. The van der Waals surface area contributed by atoms with Crippen molar-refractivity contribution in [1.29, 1.82) is 0 Å². The van der Waals surface area contributed by atoms with Crippen molar-refractivity contribution in [2.45, 2.75) is 6.54 Å². The van der Waals surface area contributed by atoms with Gasteiger partial charge in [0.15, 0.2) is 0 Å². The van der Waals surface area contributed by atoms with Crippen LogP contribution in [0.15, 0.2) is 12.3 Å². The molecular formula is C7H11Cl3N2O. The molecule has 1 heterocycles. The molecule has 76 valence electrons. The van der Waals surface area contributed by atoms with Gasteiger partial charge < -0.3 is 10.5 Å². The number of aromatic nitrogens is 1. The average Bonchev–Trinajstić information content (AvgIpc) is 2.04. The molecule has 0 amide bonds. The molecule has 13 heavy (non-hydrogen) atoms. The van der Waals surface area contributed by atoms with E-state index in [1.807, 2.05) is 0 Å². The topological polar surface area (TPSA) is 48.1 Å². The van der Waals surface area contributed by atoms with Crippen LogP contribution < -0.4 is 10.5 Å². The first kappa shape index (κ1) is 15.3. The van der Waals surface area contributed by atoms with E-state index in [1.54, 1.807) is 19.4 Å². The van der Waals surface area contributed by atoms with Gasteiger partial charge in [-0.25, -0.2) is 4.98 Å². The molecule has 0 spiro atoms. The van der Waals surface area contributed by atoms with Crippen LogP contribution in [0.1, 0.15) is 5.56 Å². The zero-order chi connectivity index (χ0) is 8.27. The number of nitrogens with two attached hydrogens (primary N) is 1. The largest absolute Gasteiger partial charge is 0.496 e. The fourth-order valence-corrected chi connectivity index (χ4v) is 0.933. The Hall–Kier alpha value is -0.220.